The Kier molecular flexibility index (Phi) is 2.78. The maximum Gasteiger partial charge on any atom is 0.312 e. The van der Waals surface area contributed by atoms with E-state index in [0.29, 0.717) is 0 Å². The highest BCUT2D eigenvalue weighted by Gasteiger charge is 2.03. The number of nitro groups is 1. The predicted molar refractivity (Wildman–Crippen MR) is 48.2 cm³/mol. The molecule has 0 fully saturated rings. The normalized spacial score (nSPS) is 11.5. The molecule has 0 unspecified atom stereocenters. The Hall–Kier alpha value is -0.680. The highest BCUT2D eigenvalue weighted by molar-refractivity contribution is 9.11. The van der Waals surface area contributed by atoms with Crippen molar-refractivity contribution in [2.45, 2.75) is 0 Å². The molecule has 0 N–H and O–H groups in total. The molecule has 0 atom stereocenters. The Morgan fingerprint density at radius 2 is 2.55 bits per heavy atom. The molecule has 0 spiro atoms. The van der Waals surface area contributed by atoms with Gasteiger partial charge in [0.25, 0.3) is 0 Å². The Morgan fingerprint density at radius 1 is 1.82 bits per heavy atom. The van der Waals surface area contributed by atoms with Gasteiger partial charge in [-0.1, -0.05) is 6.07 Å². The average molecular weight is 234 g/mol. The van der Waals surface area contributed by atoms with Crippen LogP contribution in [0.5, 0.6) is 0 Å². The zero-order chi connectivity index (χ0) is 8.27. The molecule has 0 saturated heterocycles. The van der Waals surface area contributed by atoms with E-state index in [1.165, 1.54) is 17.4 Å². The lowest BCUT2D eigenvalue weighted by atomic mass is 10.5. The molecule has 1 aromatic rings. The summed E-state index contributed by atoms with van der Waals surface area (Å²) in [4.78, 5) is 10.5. The quantitative estimate of drug-likeness (QED) is 0.448. The van der Waals surface area contributed by atoms with Gasteiger partial charge in [0.05, 0.1) is 4.92 Å². The Bertz CT molecular complexity index is 281. The molecule has 5 heteroatoms. The summed E-state index contributed by atoms with van der Waals surface area (Å²) in [5.41, 5.74) is 0. The van der Waals surface area contributed by atoms with Gasteiger partial charge in [0.2, 0.25) is 0 Å². The number of halogens is 1. The van der Waals surface area contributed by atoms with Crippen molar-refractivity contribution in [1.29, 1.82) is 0 Å². The number of nitrogens with zero attached hydrogens (tertiary/aromatic N) is 1. The zero-order valence-corrected chi connectivity index (χ0v) is 7.76. The first-order valence-corrected chi connectivity index (χ1v) is 4.42. The summed E-state index contributed by atoms with van der Waals surface area (Å²) in [7, 11) is 0. The third kappa shape index (κ3) is 2.44. The van der Waals surface area contributed by atoms with Gasteiger partial charge in [-0.3, -0.25) is 10.1 Å². The van der Waals surface area contributed by atoms with Crippen molar-refractivity contribution in [1.82, 2.24) is 0 Å². The Labute approximate surface area is 75.6 Å². The van der Waals surface area contributed by atoms with E-state index in [4.69, 9.17) is 0 Å². The highest BCUT2D eigenvalue weighted by atomic mass is 79.9. The first-order chi connectivity index (χ1) is 5.20. The molecule has 0 amide bonds. The van der Waals surface area contributed by atoms with E-state index in [-0.39, 0.29) is 4.61 Å². The number of hydrogen-bond acceptors (Lipinski definition) is 3. The van der Waals surface area contributed by atoms with E-state index in [2.05, 4.69) is 15.9 Å². The molecule has 0 aliphatic carbocycles. The van der Waals surface area contributed by atoms with Crippen LogP contribution in [-0.4, -0.2) is 4.92 Å². The summed E-state index contributed by atoms with van der Waals surface area (Å²) in [6.45, 7) is 0. The molecular weight excluding hydrogens is 230 g/mol. The van der Waals surface area contributed by atoms with Gasteiger partial charge in [0.1, 0.15) is 0 Å². The van der Waals surface area contributed by atoms with Crippen LogP contribution in [0.25, 0.3) is 6.08 Å². The zero-order valence-electron chi connectivity index (χ0n) is 5.36. The van der Waals surface area contributed by atoms with Gasteiger partial charge in [-0.15, -0.1) is 11.3 Å². The van der Waals surface area contributed by atoms with Crippen molar-refractivity contribution in [2.24, 2.45) is 0 Å². The molecule has 0 saturated carbocycles. The summed E-state index contributed by atoms with van der Waals surface area (Å²) in [6, 6.07) is 3.66. The molecule has 0 aromatic carbocycles. The second-order valence-electron chi connectivity index (χ2n) is 1.74. The molecular formula is C6H4BrNO2S. The topological polar surface area (TPSA) is 43.1 Å². The monoisotopic (exact) mass is 233 g/mol. The largest absolute Gasteiger partial charge is 0.312 e. The molecule has 1 aromatic heterocycles. The minimum absolute atomic E-state index is 0.0139. The molecule has 0 radical (unpaired) electrons. The highest BCUT2D eigenvalue weighted by Crippen LogP contribution is 2.16. The van der Waals surface area contributed by atoms with Crippen molar-refractivity contribution in [2.75, 3.05) is 0 Å². The third-order valence-corrected chi connectivity index (χ3v) is 2.32. The second-order valence-corrected chi connectivity index (χ2v) is 3.53. The van der Waals surface area contributed by atoms with Crippen LogP contribution in [0.15, 0.2) is 22.1 Å². The van der Waals surface area contributed by atoms with Crippen molar-refractivity contribution in [3.63, 3.8) is 0 Å². The maximum atomic E-state index is 10.1. The summed E-state index contributed by atoms with van der Waals surface area (Å²) in [5, 5.41) is 12.0. The minimum Gasteiger partial charge on any atom is -0.258 e. The van der Waals surface area contributed by atoms with Crippen LogP contribution in [0.3, 0.4) is 0 Å². The fraction of sp³-hybridized carbons (Fsp3) is 0. The smallest absolute Gasteiger partial charge is 0.258 e. The van der Waals surface area contributed by atoms with Crippen LogP contribution in [0, 0.1) is 10.1 Å². The van der Waals surface area contributed by atoms with E-state index < -0.39 is 4.92 Å². The molecule has 3 nitrogen and oxygen atoms in total. The predicted octanol–water partition coefficient (Wildman–Crippen LogP) is 2.72. The fourth-order valence-corrected chi connectivity index (χ4v) is 1.59. The summed E-state index contributed by atoms with van der Waals surface area (Å²) in [6.07, 6.45) is 1.48. The van der Waals surface area contributed by atoms with Gasteiger partial charge in [-0.2, -0.15) is 0 Å². The molecule has 11 heavy (non-hydrogen) atoms. The lowest BCUT2D eigenvalue weighted by Gasteiger charge is -1.84. The number of thiophene rings is 1. The van der Waals surface area contributed by atoms with Crippen molar-refractivity contribution >= 4 is 33.3 Å². The van der Waals surface area contributed by atoms with E-state index >= 15 is 0 Å². The molecule has 0 aliphatic heterocycles. The summed E-state index contributed by atoms with van der Waals surface area (Å²) in [5.74, 6) is 0. The molecule has 1 heterocycles. The SMILES string of the molecule is O=[N+]([O-])C(Br)=Cc1cccs1. The Morgan fingerprint density at radius 3 is 3.00 bits per heavy atom. The van der Waals surface area contributed by atoms with Crippen molar-refractivity contribution in [3.05, 3.63) is 37.1 Å². The third-order valence-electron chi connectivity index (χ3n) is 0.979. The van der Waals surface area contributed by atoms with E-state index in [9.17, 15) is 10.1 Å². The van der Waals surface area contributed by atoms with Crippen LogP contribution in [0.2, 0.25) is 0 Å². The van der Waals surface area contributed by atoms with Gasteiger partial charge < -0.3 is 0 Å². The number of rotatable bonds is 2. The Balaban J connectivity index is 2.82. The molecule has 58 valence electrons. The standard InChI is InChI=1S/C6H4BrNO2S/c7-6(8(9)10)4-5-2-1-3-11-5/h1-4H. The fourth-order valence-electron chi connectivity index (χ4n) is 0.543. The number of hydrogen-bond donors (Lipinski definition) is 0. The van der Waals surface area contributed by atoms with Crippen LogP contribution in [-0.2, 0) is 0 Å². The van der Waals surface area contributed by atoms with Gasteiger partial charge in [0, 0.05) is 26.9 Å². The van der Waals surface area contributed by atoms with Crippen LogP contribution in [0.4, 0.5) is 0 Å². The van der Waals surface area contributed by atoms with Crippen LogP contribution in [0.1, 0.15) is 4.88 Å². The van der Waals surface area contributed by atoms with E-state index in [1.807, 2.05) is 17.5 Å². The second kappa shape index (κ2) is 3.64. The van der Waals surface area contributed by atoms with Crippen molar-refractivity contribution < 1.29 is 4.92 Å². The van der Waals surface area contributed by atoms with E-state index in [0.717, 1.165) is 4.88 Å². The minimum atomic E-state index is -0.472. The first kappa shape index (κ1) is 8.42. The van der Waals surface area contributed by atoms with E-state index in [1.54, 1.807) is 0 Å². The molecule has 0 aliphatic rings. The maximum absolute atomic E-state index is 10.1. The molecule has 1 rings (SSSR count). The lowest BCUT2D eigenvalue weighted by Crippen LogP contribution is -1.88. The lowest BCUT2D eigenvalue weighted by molar-refractivity contribution is -0.407. The van der Waals surface area contributed by atoms with Gasteiger partial charge in [0.15, 0.2) is 0 Å². The average Bonchev–Trinajstić information content (AvgIpc) is 2.39. The van der Waals surface area contributed by atoms with Crippen LogP contribution >= 0.6 is 27.3 Å². The van der Waals surface area contributed by atoms with Gasteiger partial charge >= 0.3 is 4.61 Å². The van der Waals surface area contributed by atoms with Crippen molar-refractivity contribution in [3.8, 4) is 0 Å². The molecule has 0 bridgehead atoms. The first-order valence-electron chi connectivity index (χ1n) is 2.75. The van der Waals surface area contributed by atoms with Gasteiger partial charge in [-0.05, 0) is 11.4 Å². The summed E-state index contributed by atoms with van der Waals surface area (Å²) >= 11 is 4.29. The van der Waals surface area contributed by atoms with Crippen LogP contribution < -0.4 is 0 Å². The summed E-state index contributed by atoms with van der Waals surface area (Å²) < 4.78 is -0.0139. The van der Waals surface area contributed by atoms with Gasteiger partial charge in [-0.25, -0.2) is 0 Å².